The Kier molecular flexibility index (Phi) is 11.5. The largest absolute Gasteiger partial charge is 0.0687 e. The fraction of sp³-hybridized carbons (Fsp3) is 1.00. The van der Waals surface area contributed by atoms with Gasteiger partial charge in [0.25, 0.3) is 0 Å². The van der Waals surface area contributed by atoms with Crippen LogP contribution in [0.15, 0.2) is 0 Å². The number of rotatable bonds is 9. The van der Waals surface area contributed by atoms with E-state index in [0.717, 1.165) is 82.1 Å². The monoisotopic (exact) mass is 613 g/mol. The van der Waals surface area contributed by atoms with E-state index in [2.05, 4.69) is 96.6 Å². The molecule has 0 bridgehead atoms. The van der Waals surface area contributed by atoms with Crippen molar-refractivity contribution in [3.05, 3.63) is 0 Å². The second-order valence-electron chi connectivity index (χ2n) is 20.5. The molecule has 4 fully saturated rings. The van der Waals surface area contributed by atoms with E-state index in [1.54, 1.807) is 25.3 Å². The van der Waals surface area contributed by atoms with Gasteiger partial charge in [0, 0.05) is 0 Å². The lowest BCUT2D eigenvalue weighted by atomic mass is 9.55. The molecule has 0 aromatic rings. The van der Waals surface area contributed by atoms with Crippen molar-refractivity contribution < 1.29 is 0 Å². The van der Waals surface area contributed by atoms with E-state index in [-0.39, 0.29) is 0 Å². The zero-order chi connectivity index (χ0) is 32.1. The Hall–Kier alpha value is 0.217. The lowest BCUT2D eigenvalue weighted by Crippen LogP contribution is -2.50. The molecule has 0 aliphatic heterocycles. The molecule has 0 aromatic carbocycles. The predicted molar refractivity (Wildman–Crippen MR) is 195 cm³/mol. The number of hydrogen-bond donors (Lipinski definition) is 0. The Bertz CT molecular complexity index is 838. The van der Waals surface area contributed by atoms with Crippen LogP contribution >= 0.6 is 0 Å². The zero-order valence-electron chi connectivity index (χ0n) is 32.1. The minimum absolute atomic E-state index is 0.445. The van der Waals surface area contributed by atoms with Crippen LogP contribution in [0, 0.1) is 81.8 Å². The highest BCUT2D eigenvalue weighted by Gasteiger charge is 2.61. The fourth-order valence-electron chi connectivity index (χ4n) is 13.1. The van der Waals surface area contributed by atoms with Crippen molar-refractivity contribution in [1.29, 1.82) is 0 Å². The summed E-state index contributed by atoms with van der Waals surface area (Å²) in [4.78, 5) is 0. The van der Waals surface area contributed by atoms with E-state index in [1.165, 1.54) is 51.4 Å². The molecular formula is C42H80Si. The van der Waals surface area contributed by atoms with Crippen LogP contribution < -0.4 is 0 Å². The van der Waals surface area contributed by atoms with Crippen LogP contribution in [0.5, 0.6) is 0 Å². The van der Waals surface area contributed by atoms with E-state index >= 15 is 0 Å². The summed E-state index contributed by atoms with van der Waals surface area (Å²) < 4.78 is 0. The first-order valence-corrected chi connectivity index (χ1v) is 22.8. The van der Waals surface area contributed by atoms with E-state index in [0.29, 0.717) is 10.8 Å². The molecule has 0 saturated heterocycles. The third kappa shape index (κ3) is 7.22. The van der Waals surface area contributed by atoms with Gasteiger partial charge in [-0.05, 0) is 125 Å². The van der Waals surface area contributed by atoms with Gasteiger partial charge in [-0.1, -0.05) is 141 Å². The summed E-state index contributed by atoms with van der Waals surface area (Å²) in [6.07, 6.45) is 16.6. The summed E-state index contributed by atoms with van der Waals surface area (Å²) in [6, 6.07) is 1.63. The van der Waals surface area contributed by atoms with Gasteiger partial charge in [-0.25, -0.2) is 0 Å². The van der Waals surface area contributed by atoms with Gasteiger partial charge >= 0.3 is 0 Å². The third-order valence-electron chi connectivity index (χ3n) is 16.0. The van der Waals surface area contributed by atoms with Gasteiger partial charge in [-0.15, -0.1) is 0 Å². The number of unbranched alkanes of at least 4 members (excludes halogenated alkanes) is 3. The molecule has 0 aromatic heterocycles. The van der Waals surface area contributed by atoms with Crippen LogP contribution in [0.2, 0.25) is 23.7 Å². The molecule has 252 valence electrons. The van der Waals surface area contributed by atoms with Gasteiger partial charge in [0.1, 0.15) is 0 Å². The van der Waals surface area contributed by atoms with Gasteiger partial charge in [-0.2, -0.15) is 0 Å². The maximum Gasteiger partial charge on any atom is 0.0578 e. The average molecular weight is 613 g/mol. The highest BCUT2D eigenvalue weighted by atomic mass is 28.3. The molecule has 0 radical (unpaired) electrons. The number of hydrogen-bond acceptors (Lipinski definition) is 0. The van der Waals surface area contributed by atoms with Crippen molar-refractivity contribution in [2.45, 2.75) is 184 Å². The molecule has 4 aliphatic rings. The Morgan fingerprint density at radius 2 is 1.16 bits per heavy atom. The second-order valence-corrected chi connectivity index (χ2v) is 25.3. The van der Waals surface area contributed by atoms with Crippen molar-refractivity contribution >= 4 is 8.07 Å². The van der Waals surface area contributed by atoms with Crippen LogP contribution in [0.4, 0.5) is 0 Å². The van der Waals surface area contributed by atoms with Crippen LogP contribution in [0.3, 0.4) is 0 Å². The van der Waals surface area contributed by atoms with Crippen molar-refractivity contribution in [2.75, 3.05) is 0 Å². The minimum Gasteiger partial charge on any atom is -0.0687 e. The van der Waals surface area contributed by atoms with Gasteiger partial charge in [0.05, 0.1) is 8.07 Å². The molecule has 43 heavy (non-hydrogen) atoms. The predicted octanol–water partition coefficient (Wildman–Crippen LogP) is 13.8. The first-order valence-electron chi connectivity index (χ1n) is 19.9. The molecule has 0 spiro atoms. The van der Waals surface area contributed by atoms with Gasteiger partial charge < -0.3 is 0 Å². The maximum atomic E-state index is 3.03. The van der Waals surface area contributed by atoms with Crippen molar-refractivity contribution in [1.82, 2.24) is 0 Å². The molecular weight excluding hydrogens is 533 g/mol. The molecule has 4 saturated carbocycles. The summed E-state index contributed by atoms with van der Waals surface area (Å²) in [5.74, 6) is 11.4. The smallest absolute Gasteiger partial charge is 0.0578 e. The maximum absolute atomic E-state index is 3.03. The number of fused-ring (bicyclic) bond motifs is 1. The van der Waals surface area contributed by atoms with Crippen molar-refractivity contribution in [3.8, 4) is 0 Å². The summed E-state index contributed by atoms with van der Waals surface area (Å²) in [5.41, 5.74) is 3.01. The van der Waals surface area contributed by atoms with Gasteiger partial charge in [0.15, 0.2) is 0 Å². The molecule has 12 atom stereocenters. The zero-order valence-corrected chi connectivity index (χ0v) is 33.1. The molecule has 0 amide bonds. The Morgan fingerprint density at radius 1 is 0.628 bits per heavy atom. The lowest BCUT2D eigenvalue weighted by Gasteiger charge is -2.52. The van der Waals surface area contributed by atoms with Gasteiger partial charge in [0.2, 0.25) is 0 Å². The summed E-state index contributed by atoms with van der Waals surface area (Å²) in [6.45, 7) is 36.8. The molecule has 1 heteroatoms. The van der Waals surface area contributed by atoms with Crippen LogP contribution in [0.1, 0.15) is 161 Å². The molecule has 12 unspecified atom stereocenters. The molecule has 0 nitrogen and oxygen atoms in total. The van der Waals surface area contributed by atoms with Crippen LogP contribution in [-0.4, -0.2) is 8.07 Å². The van der Waals surface area contributed by atoms with Crippen molar-refractivity contribution in [2.24, 2.45) is 81.8 Å². The Balaban J connectivity index is 1.71. The van der Waals surface area contributed by atoms with Crippen LogP contribution in [-0.2, 0) is 0 Å². The first-order chi connectivity index (χ1) is 19.9. The lowest BCUT2D eigenvalue weighted by molar-refractivity contribution is -0.000612. The van der Waals surface area contributed by atoms with E-state index < -0.39 is 8.07 Å². The summed E-state index contributed by atoms with van der Waals surface area (Å²) >= 11 is 0. The molecule has 4 rings (SSSR count). The molecule has 0 N–H and O–H groups in total. The minimum atomic E-state index is -1.54. The standard InChI is InChI=1S/C42H80Si/c1-15-16-17-18-22-43(14,39-30(6)28(4)29(5)31(39)7)40-36-21-19-20-35(38(36)26-37(40)27(2)3)32-23-33(41(8,9)10)25-34(24-32)42(11,12)13/h27-40H,15-26H2,1-14H3. The van der Waals surface area contributed by atoms with E-state index in [1.807, 2.05) is 0 Å². The second kappa shape index (κ2) is 13.8. The normalized spacial score (nSPS) is 44.0. The molecule has 4 aliphatic carbocycles. The highest BCUT2D eigenvalue weighted by molar-refractivity contribution is 6.81. The SMILES string of the molecule is CCCCCC[Si](C)(C1C(C)C(C)C(C)C1C)C1C(C(C)C)CC2C(C3CC(C(C)(C)C)CC(C(C)(C)C)C3)CCCC21. The van der Waals surface area contributed by atoms with Crippen molar-refractivity contribution in [3.63, 3.8) is 0 Å². The Labute approximate surface area is 273 Å². The third-order valence-corrected chi connectivity index (χ3v) is 22.4. The Morgan fingerprint density at radius 3 is 1.65 bits per heavy atom. The first kappa shape index (κ1) is 36.1. The summed E-state index contributed by atoms with van der Waals surface area (Å²) in [7, 11) is -1.54. The quantitative estimate of drug-likeness (QED) is 0.179. The van der Waals surface area contributed by atoms with E-state index in [9.17, 15) is 0 Å². The van der Waals surface area contributed by atoms with Gasteiger partial charge in [-0.3, -0.25) is 0 Å². The fourth-order valence-corrected chi connectivity index (χ4v) is 21.1. The molecule has 0 heterocycles. The summed E-state index contributed by atoms with van der Waals surface area (Å²) in [5, 5.41) is 0. The average Bonchev–Trinajstić information content (AvgIpc) is 3.42. The topological polar surface area (TPSA) is 0 Å². The van der Waals surface area contributed by atoms with E-state index in [4.69, 9.17) is 0 Å². The highest BCUT2D eigenvalue weighted by Crippen LogP contribution is 2.68. The van der Waals surface area contributed by atoms with Crippen LogP contribution in [0.25, 0.3) is 0 Å².